The number of rotatable bonds is 2. The van der Waals surface area contributed by atoms with Crippen molar-refractivity contribution in [3.63, 3.8) is 0 Å². The molecule has 0 fully saturated rings. The Labute approximate surface area is 123 Å². The van der Waals surface area contributed by atoms with Crippen molar-refractivity contribution in [2.75, 3.05) is 0 Å². The van der Waals surface area contributed by atoms with Gasteiger partial charge in [-0.05, 0) is 35.9 Å². The van der Waals surface area contributed by atoms with E-state index in [1.165, 1.54) is 17.4 Å². The van der Waals surface area contributed by atoms with E-state index in [0.717, 1.165) is 27.4 Å². The summed E-state index contributed by atoms with van der Waals surface area (Å²) in [5.41, 5.74) is 0.754. The van der Waals surface area contributed by atoms with Gasteiger partial charge in [0.05, 0.1) is 15.8 Å². The molecule has 1 nitrogen and oxygen atoms in total. The van der Waals surface area contributed by atoms with Crippen LogP contribution in [0.2, 0.25) is 0 Å². The number of hydrogen-bond donors (Lipinski definition) is 0. The first kappa shape index (κ1) is 13.8. The molecule has 0 N–H and O–H groups in total. The van der Waals surface area contributed by atoms with Crippen molar-refractivity contribution < 1.29 is 13.2 Å². The molecule has 5 heteroatoms. The molecule has 0 atom stereocenters. The molecule has 0 amide bonds. The SMILES string of the molecule is FC(F)(F)c1cccc(C=Cc2nc3ccccc3s2)c1. The van der Waals surface area contributed by atoms with Crippen molar-refractivity contribution >= 4 is 33.7 Å². The normalized spacial score (nSPS) is 12.3. The number of nitrogens with zero attached hydrogens (tertiary/aromatic N) is 1. The fourth-order valence-electron chi connectivity index (χ4n) is 1.95. The molecule has 0 spiro atoms. The lowest BCUT2D eigenvalue weighted by Crippen LogP contribution is -2.04. The molecule has 0 aliphatic carbocycles. The molecule has 2 aromatic carbocycles. The van der Waals surface area contributed by atoms with Gasteiger partial charge in [0.2, 0.25) is 0 Å². The maximum Gasteiger partial charge on any atom is 0.416 e. The van der Waals surface area contributed by atoms with E-state index in [0.29, 0.717) is 5.56 Å². The highest BCUT2D eigenvalue weighted by atomic mass is 32.1. The summed E-state index contributed by atoms with van der Waals surface area (Å²) in [6.07, 6.45) is -0.938. The number of benzene rings is 2. The number of thiazole rings is 1. The standard InChI is InChI=1S/C16H10F3NS/c17-16(18,19)12-5-3-4-11(10-12)8-9-15-20-13-6-1-2-7-14(13)21-15/h1-10H. The van der Waals surface area contributed by atoms with Gasteiger partial charge in [0, 0.05) is 0 Å². The first-order valence-electron chi connectivity index (χ1n) is 6.23. The molecule has 0 saturated heterocycles. The van der Waals surface area contributed by atoms with Gasteiger partial charge in [-0.3, -0.25) is 0 Å². The Kier molecular flexibility index (Phi) is 3.51. The van der Waals surface area contributed by atoms with Crippen LogP contribution in [0.25, 0.3) is 22.4 Å². The Morgan fingerprint density at radius 1 is 0.952 bits per heavy atom. The minimum absolute atomic E-state index is 0.504. The van der Waals surface area contributed by atoms with Gasteiger partial charge in [0.15, 0.2) is 0 Å². The average Bonchev–Trinajstić information content (AvgIpc) is 2.87. The molecule has 0 saturated carbocycles. The summed E-state index contributed by atoms with van der Waals surface area (Å²) in [5, 5.41) is 0.772. The molecular formula is C16H10F3NS. The summed E-state index contributed by atoms with van der Waals surface area (Å²) < 4.78 is 39.0. The molecule has 3 aromatic rings. The van der Waals surface area contributed by atoms with Crippen LogP contribution in [0.3, 0.4) is 0 Å². The van der Waals surface area contributed by atoms with E-state index in [2.05, 4.69) is 4.98 Å². The van der Waals surface area contributed by atoms with Gasteiger partial charge in [-0.15, -0.1) is 11.3 Å². The fourth-order valence-corrected chi connectivity index (χ4v) is 2.82. The van der Waals surface area contributed by atoms with Crippen molar-refractivity contribution in [3.8, 4) is 0 Å². The van der Waals surface area contributed by atoms with E-state index in [9.17, 15) is 13.2 Å². The minimum Gasteiger partial charge on any atom is -0.237 e. The first-order chi connectivity index (χ1) is 10.0. The molecule has 0 aliphatic rings. The summed E-state index contributed by atoms with van der Waals surface area (Å²) in [6, 6.07) is 12.9. The van der Waals surface area contributed by atoms with Crippen molar-refractivity contribution in [1.82, 2.24) is 4.98 Å². The van der Waals surface area contributed by atoms with E-state index in [-0.39, 0.29) is 0 Å². The van der Waals surface area contributed by atoms with Crippen LogP contribution in [0.4, 0.5) is 13.2 Å². The molecule has 0 bridgehead atoms. The Hall–Kier alpha value is -2.14. The van der Waals surface area contributed by atoms with Gasteiger partial charge in [0.1, 0.15) is 5.01 Å². The van der Waals surface area contributed by atoms with Crippen LogP contribution in [-0.4, -0.2) is 4.98 Å². The van der Waals surface area contributed by atoms with E-state index in [1.54, 1.807) is 18.2 Å². The van der Waals surface area contributed by atoms with E-state index < -0.39 is 11.7 Å². The maximum atomic E-state index is 12.6. The number of para-hydroxylation sites is 1. The molecule has 0 aliphatic heterocycles. The molecular weight excluding hydrogens is 295 g/mol. The number of alkyl halides is 3. The topological polar surface area (TPSA) is 12.9 Å². The van der Waals surface area contributed by atoms with Crippen LogP contribution in [-0.2, 0) is 6.18 Å². The minimum atomic E-state index is -4.32. The van der Waals surface area contributed by atoms with Gasteiger partial charge in [0.25, 0.3) is 0 Å². The van der Waals surface area contributed by atoms with Gasteiger partial charge in [-0.1, -0.05) is 30.3 Å². The lowest BCUT2D eigenvalue weighted by molar-refractivity contribution is -0.137. The van der Waals surface area contributed by atoms with Crippen LogP contribution in [0, 0.1) is 0 Å². The molecule has 3 rings (SSSR count). The predicted molar refractivity (Wildman–Crippen MR) is 80.0 cm³/mol. The zero-order valence-electron chi connectivity index (χ0n) is 10.8. The monoisotopic (exact) mass is 305 g/mol. The number of fused-ring (bicyclic) bond motifs is 1. The van der Waals surface area contributed by atoms with E-state index in [4.69, 9.17) is 0 Å². The van der Waals surface area contributed by atoms with Gasteiger partial charge >= 0.3 is 6.18 Å². The second kappa shape index (κ2) is 5.33. The second-order valence-corrected chi connectivity index (χ2v) is 5.54. The van der Waals surface area contributed by atoms with E-state index >= 15 is 0 Å². The zero-order chi connectivity index (χ0) is 14.9. The molecule has 106 valence electrons. The quantitative estimate of drug-likeness (QED) is 0.610. The summed E-state index contributed by atoms with van der Waals surface area (Å²) in [5.74, 6) is 0. The summed E-state index contributed by atoms with van der Waals surface area (Å²) in [7, 11) is 0. The average molecular weight is 305 g/mol. The van der Waals surface area contributed by atoms with E-state index in [1.807, 2.05) is 24.3 Å². The van der Waals surface area contributed by atoms with Crippen LogP contribution in [0.15, 0.2) is 48.5 Å². The summed E-state index contributed by atoms with van der Waals surface area (Å²) in [4.78, 5) is 4.41. The van der Waals surface area contributed by atoms with Crippen molar-refractivity contribution in [2.45, 2.75) is 6.18 Å². The van der Waals surface area contributed by atoms with Gasteiger partial charge in [-0.25, -0.2) is 4.98 Å². The van der Waals surface area contributed by atoms with Crippen LogP contribution in [0.1, 0.15) is 16.1 Å². The smallest absolute Gasteiger partial charge is 0.237 e. The highest BCUT2D eigenvalue weighted by molar-refractivity contribution is 7.19. The summed E-state index contributed by atoms with van der Waals surface area (Å²) >= 11 is 1.51. The Bertz CT molecular complexity index is 769. The van der Waals surface area contributed by atoms with Crippen molar-refractivity contribution in [2.24, 2.45) is 0 Å². The highest BCUT2D eigenvalue weighted by Crippen LogP contribution is 2.30. The predicted octanol–water partition coefficient (Wildman–Crippen LogP) is 5.49. The molecule has 1 heterocycles. The third-order valence-electron chi connectivity index (χ3n) is 2.94. The van der Waals surface area contributed by atoms with Crippen LogP contribution < -0.4 is 0 Å². The lowest BCUT2D eigenvalue weighted by atomic mass is 10.1. The highest BCUT2D eigenvalue weighted by Gasteiger charge is 2.30. The molecule has 21 heavy (non-hydrogen) atoms. The number of aromatic nitrogens is 1. The molecule has 0 unspecified atom stereocenters. The van der Waals surface area contributed by atoms with Crippen molar-refractivity contribution in [1.29, 1.82) is 0 Å². The summed E-state index contributed by atoms with van der Waals surface area (Å²) in [6.45, 7) is 0. The molecule has 0 radical (unpaired) electrons. The Balaban J connectivity index is 1.89. The van der Waals surface area contributed by atoms with Crippen LogP contribution >= 0.6 is 11.3 Å². The maximum absolute atomic E-state index is 12.6. The second-order valence-electron chi connectivity index (χ2n) is 4.48. The van der Waals surface area contributed by atoms with Gasteiger partial charge in [-0.2, -0.15) is 13.2 Å². The molecule has 1 aromatic heterocycles. The van der Waals surface area contributed by atoms with Gasteiger partial charge < -0.3 is 0 Å². The Morgan fingerprint density at radius 2 is 1.76 bits per heavy atom. The third kappa shape index (κ3) is 3.13. The van der Waals surface area contributed by atoms with Crippen molar-refractivity contribution in [3.05, 3.63) is 64.7 Å². The zero-order valence-corrected chi connectivity index (χ0v) is 11.6. The van der Waals surface area contributed by atoms with Crippen LogP contribution in [0.5, 0.6) is 0 Å². The number of halogens is 3. The first-order valence-corrected chi connectivity index (χ1v) is 7.05. The largest absolute Gasteiger partial charge is 0.416 e. The number of hydrogen-bond acceptors (Lipinski definition) is 2. The fraction of sp³-hybridized carbons (Fsp3) is 0.0625. The Morgan fingerprint density at radius 3 is 2.52 bits per heavy atom. The third-order valence-corrected chi connectivity index (χ3v) is 3.94. The lowest BCUT2D eigenvalue weighted by Gasteiger charge is -2.06.